The van der Waals surface area contributed by atoms with Crippen LogP contribution in [0, 0.1) is 19.8 Å². The predicted molar refractivity (Wildman–Crippen MR) is 92.9 cm³/mol. The number of halogens is 3. The van der Waals surface area contributed by atoms with Crippen molar-refractivity contribution in [3.05, 3.63) is 40.6 Å². The Hall–Kier alpha value is -2.15. The van der Waals surface area contributed by atoms with Gasteiger partial charge in [0.15, 0.2) is 0 Å². The van der Waals surface area contributed by atoms with E-state index < -0.39 is 17.5 Å². The summed E-state index contributed by atoms with van der Waals surface area (Å²) in [5, 5.41) is 22.0. The zero-order valence-electron chi connectivity index (χ0n) is 14.8. The van der Waals surface area contributed by atoms with E-state index in [2.05, 4.69) is 15.5 Å². The van der Waals surface area contributed by atoms with Crippen LogP contribution < -0.4 is 5.32 Å². The largest absolute Gasteiger partial charge is 0.507 e. The van der Waals surface area contributed by atoms with E-state index in [1.807, 2.05) is 13.8 Å². The van der Waals surface area contributed by atoms with E-state index in [0.717, 1.165) is 61.3 Å². The molecule has 1 aromatic carbocycles. The molecule has 2 N–H and O–H groups in total. The fourth-order valence-electron chi connectivity index (χ4n) is 3.38. The Labute approximate surface area is 150 Å². The van der Waals surface area contributed by atoms with Crippen molar-refractivity contribution in [1.82, 2.24) is 15.5 Å². The van der Waals surface area contributed by atoms with Crippen LogP contribution in [0.1, 0.15) is 35.2 Å². The third kappa shape index (κ3) is 3.82. The van der Waals surface area contributed by atoms with Gasteiger partial charge in [-0.05, 0) is 81.4 Å². The van der Waals surface area contributed by atoms with Crippen LogP contribution in [0.15, 0.2) is 18.2 Å². The zero-order chi connectivity index (χ0) is 18.9. The number of hydrogen-bond acceptors (Lipinski definition) is 4. The molecule has 0 bridgehead atoms. The van der Waals surface area contributed by atoms with Gasteiger partial charge in [-0.1, -0.05) is 0 Å². The maximum absolute atomic E-state index is 12.8. The molecule has 4 nitrogen and oxygen atoms in total. The van der Waals surface area contributed by atoms with Gasteiger partial charge in [0.05, 0.1) is 17.0 Å². The monoisotopic (exact) mass is 365 g/mol. The maximum atomic E-state index is 12.8. The van der Waals surface area contributed by atoms with Gasteiger partial charge in [-0.15, -0.1) is 5.10 Å². The number of piperidine rings is 1. The van der Waals surface area contributed by atoms with Gasteiger partial charge in [-0.2, -0.15) is 18.3 Å². The summed E-state index contributed by atoms with van der Waals surface area (Å²) in [6.07, 6.45) is -1.38. The van der Waals surface area contributed by atoms with E-state index >= 15 is 0 Å². The molecule has 1 aliphatic heterocycles. The number of alkyl halides is 3. The van der Waals surface area contributed by atoms with Crippen LogP contribution >= 0.6 is 0 Å². The third-order valence-corrected chi connectivity index (χ3v) is 5.08. The SMILES string of the molecule is Cc1c(CC2CCCNC2)nnc(-c2ccc(C(F)(F)F)cc2O)c1C. The highest BCUT2D eigenvalue weighted by Gasteiger charge is 2.31. The Kier molecular flexibility index (Phi) is 5.18. The van der Waals surface area contributed by atoms with Crippen LogP contribution in [-0.4, -0.2) is 28.4 Å². The van der Waals surface area contributed by atoms with Crippen LogP contribution in [0.2, 0.25) is 0 Å². The van der Waals surface area contributed by atoms with Crippen molar-refractivity contribution in [2.75, 3.05) is 13.1 Å². The first-order valence-corrected chi connectivity index (χ1v) is 8.71. The Morgan fingerprint density at radius 1 is 1.19 bits per heavy atom. The van der Waals surface area contributed by atoms with Gasteiger partial charge in [0.1, 0.15) is 5.75 Å². The Bertz CT molecular complexity index is 799. The number of aromatic hydroxyl groups is 1. The minimum atomic E-state index is -4.50. The van der Waals surface area contributed by atoms with Gasteiger partial charge >= 0.3 is 6.18 Å². The van der Waals surface area contributed by atoms with Gasteiger partial charge in [0.25, 0.3) is 0 Å². The molecular formula is C19H22F3N3O. The van der Waals surface area contributed by atoms with E-state index in [1.165, 1.54) is 6.07 Å². The molecule has 1 saturated heterocycles. The highest BCUT2D eigenvalue weighted by Crippen LogP contribution is 2.37. The topological polar surface area (TPSA) is 58.0 Å². The molecule has 2 aromatic rings. The molecule has 3 rings (SSSR count). The second-order valence-electron chi connectivity index (χ2n) is 6.89. The summed E-state index contributed by atoms with van der Waals surface area (Å²) in [4.78, 5) is 0. The molecule has 1 aromatic heterocycles. The Balaban J connectivity index is 1.90. The average molecular weight is 365 g/mol. The summed E-state index contributed by atoms with van der Waals surface area (Å²) in [6, 6.07) is 2.93. The molecule has 0 radical (unpaired) electrons. The third-order valence-electron chi connectivity index (χ3n) is 5.08. The van der Waals surface area contributed by atoms with Gasteiger partial charge in [0.2, 0.25) is 0 Å². The predicted octanol–water partition coefficient (Wildman–Crippen LogP) is 4.03. The number of phenolic OH excluding ortho intramolecular Hbond substituents is 1. The van der Waals surface area contributed by atoms with Crippen molar-refractivity contribution < 1.29 is 18.3 Å². The molecule has 1 aliphatic rings. The number of nitrogens with zero attached hydrogens (tertiary/aromatic N) is 2. The number of aromatic nitrogens is 2. The summed E-state index contributed by atoms with van der Waals surface area (Å²) in [7, 11) is 0. The fraction of sp³-hybridized carbons (Fsp3) is 0.474. The highest BCUT2D eigenvalue weighted by molar-refractivity contribution is 5.70. The maximum Gasteiger partial charge on any atom is 0.416 e. The van der Waals surface area contributed by atoms with Crippen LogP contribution in [0.4, 0.5) is 13.2 Å². The van der Waals surface area contributed by atoms with Crippen molar-refractivity contribution in [3.63, 3.8) is 0 Å². The first kappa shape index (κ1) is 18.6. The lowest BCUT2D eigenvalue weighted by atomic mass is 9.91. The van der Waals surface area contributed by atoms with Gasteiger partial charge < -0.3 is 10.4 Å². The fourth-order valence-corrected chi connectivity index (χ4v) is 3.38. The smallest absolute Gasteiger partial charge is 0.416 e. The normalized spacial score (nSPS) is 18.1. The number of benzene rings is 1. The first-order valence-electron chi connectivity index (χ1n) is 8.71. The highest BCUT2D eigenvalue weighted by atomic mass is 19.4. The quantitative estimate of drug-likeness (QED) is 0.862. The minimum absolute atomic E-state index is 0.261. The van der Waals surface area contributed by atoms with Gasteiger partial charge in [0, 0.05) is 5.56 Å². The molecule has 1 fully saturated rings. The minimum Gasteiger partial charge on any atom is -0.507 e. The van der Waals surface area contributed by atoms with Crippen LogP contribution in [0.3, 0.4) is 0 Å². The number of hydrogen-bond donors (Lipinski definition) is 2. The molecule has 26 heavy (non-hydrogen) atoms. The number of phenols is 1. The summed E-state index contributed by atoms with van der Waals surface area (Å²) in [6.45, 7) is 5.81. The van der Waals surface area contributed by atoms with Gasteiger partial charge in [-0.3, -0.25) is 0 Å². The lowest BCUT2D eigenvalue weighted by molar-refractivity contribution is -0.137. The summed E-state index contributed by atoms with van der Waals surface area (Å²) in [5.74, 6) is 0.0716. The Morgan fingerprint density at radius 3 is 2.58 bits per heavy atom. The zero-order valence-corrected chi connectivity index (χ0v) is 14.8. The molecule has 7 heteroatoms. The van der Waals surface area contributed by atoms with Crippen LogP contribution in [0.5, 0.6) is 5.75 Å². The molecule has 0 spiro atoms. The second-order valence-corrected chi connectivity index (χ2v) is 6.89. The first-order chi connectivity index (χ1) is 12.3. The molecule has 0 amide bonds. The van der Waals surface area contributed by atoms with Crippen LogP contribution in [0.25, 0.3) is 11.3 Å². The molecule has 140 valence electrons. The molecule has 0 aliphatic carbocycles. The molecule has 1 atom stereocenters. The summed E-state index contributed by atoms with van der Waals surface area (Å²) in [5.41, 5.74) is 2.50. The lowest BCUT2D eigenvalue weighted by Crippen LogP contribution is -2.31. The molecular weight excluding hydrogens is 343 g/mol. The Morgan fingerprint density at radius 2 is 1.96 bits per heavy atom. The number of rotatable bonds is 3. The van der Waals surface area contributed by atoms with E-state index in [4.69, 9.17) is 0 Å². The number of nitrogens with one attached hydrogen (secondary N) is 1. The summed E-state index contributed by atoms with van der Waals surface area (Å²) >= 11 is 0. The van der Waals surface area contributed by atoms with E-state index in [-0.39, 0.29) is 5.56 Å². The van der Waals surface area contributed by atoms with Crippen molar-refractivity contribution in [2.24, 2.45) is 5.92 Å². The standard InChI is InChI=1S/C19H22F3N3O/c1-11-12(2)18(15-6-5-14(9-17(15)26)19(20,21)22)25-24-16(11)8-13-4-3-7-23-10-13/h5-6,9,13,23,26H,3-4,7-8,10H2,1-2H3. The van der Waals surface area contributed by atoms with E-state index in [9.17, 15) is 18.3 Å². The molecule has 2 heterocycles. The molecule has 0 saturated carbocycles. The van der Waals surface area contributed by atoms with E-state index in [0.29, 0.717) is 11.6 Å². The van der Waals surface area contributed by atoms with E-state index in [1.54, 1.807) is 0 Å². The lowest BCUT2D eigenvalue weighted by Gasteiger charge is -2.23. The second kappa shape index (κ2) is 7.23. The van der Waals surface area contributed by atoms with Crippen molar-refractivity contribution in [1.29, 1.82) is 0 Å². The average Bonchev–Trinajstić information content (AvgIpc) is 2.60. The van der Waals surface area contributed by atoms with Crippen molar-refractivity contribution in [3.8, 4) is 17.0 Å². The van der Waals surface area contributed by atoms with Crippen molar-refractivity contribution >= 4 is 0 Å². The van der Waals surface area contributed by atoms with Crippen LogP contribution in [-0.2, 0) is 12.6 Å². The summed E-state index contributed by atoms with van der Waals surface area (Å²) < 4.78 is 38.3. The van der Waals surface area contributed by atoms with Gasteiger partial charge in [-0.25, -0.2) is 0 Å². The molecule has 1 unspecified atom stereocenters. The van der Waals surface area contributed by atoms with Crippen molar-refractivity contribution in [2.45, 2.75) is 39.3 Å².